The number of amides is 1. The molecular weight excluding hydrogens is 348 g/mol. The fraction of sp³-hybridized carbons (Fsp3) is 0.350. The maximum Gasteiger partial charge on any atom is 0.253 e. The normalized spacial score (nSPS) is 11.6. The van der Waals surface area contributed by atoms with Crippen molar-refractivity contribution in [3.8, 4) is 0 Å². The Kier molecular flexibility index (Phi) is 6.56. The van der Waals surface area contributed by atoms with E-state index in [0.717, 1.165) is 11.1 Å². The first kappa shape index (κ1) is 20.1. The molecule has 0 aromatic heterocycles. The second kappa shape index (κ2) is 8.47. The number of aryl methyl sites for hydroxylation is 1. The second-order valence-corrected chi connectivity index (χ2v) is 8.14. The summed E-state index contributed by atoms with van der Waals surface area (Å²) in [6, 6.07) is 14.2. The van der Waals surface area contributed by atoms with Gasteiger partial charge in [-0.3, -0.25) is 4.79 Å². The van der Waals surface area contributed by atoms with Crippen LogP contribution < -0.4 is 0 Å². The molecule has 0 aliphatic heterocycles. The van der Waals surface area contributed by atoms with Crippen LogP contribution in [0.15, 0.2) is 53.4 Å². The molecule has 26 heavy (non-hydrogen) atoms. The molecular formula is C20H26N2O3S. The Morgan fingerprint density at radius 3 is 2.27 bits per heavy atom. The summed E-state index contributed by atoms with van der Waals surface area (Å²) in [6.45, 7) is 6.86. The summed E-state index contributed by atoms with van der Waals surface area (Å²) in [5.74, 6) is -0.204. The van der Waals surface area contributed by atoms with E-state index in [1.54, 1.807) is 37.9 Å². The van der Waals surface area contributed by atoms with Crippen molar-refractivity contribution in [1.82, 2.24) is 9.21 Å². The fourth-order valence-electron chi connectivity index (χ4n) is 2.84. The molecule has 0 fully saturated rings. The lowest BCUT2D eigenvalue weighted by Crippen LogP contribution is -2.31. The number of nitrogens with zero attached hydrogens (tertiary/aromatic N) is 2. The molecule has 5 nitrogen and oxygen atoms in total. The van der Waals surface area contributed by atoms with Crippen LogP contribution in [0, 0.1) is 6.92 Å². The molecule has 0 saturated carbocycles. The van der Waals surface area contributed by atoms with Crippen LogP contribution in [-0.4, -0.2) is 43.7 Å². The van der Waals surface area contributed by atoms with Crippen molar-refractivity contribution in [2.24, 2.45) is 0 Å². The molecule has 0 unspecified atom stereocenters. The largest absolute Gasteiger partial charge is 0.337 e. The van der Waals surface area contributed by atoms with E-state index in [4.69, 9.17) is 0 Å². The number of benzene rings is 2. The summed E-state index contributed by atoms with van der Waals surface area (Å²) in [6.07, 6.45) is 0. The van der Waals surface area contributed by atoms with Gasteiger partial charge in [-0.25, -0.2) is 8.42 Å². The molecule has 2 rings (SSSR count). The van der Waals surface area contributed by atoms with E-state index >= 15 is 0 Å². The molecule has 0 bridgehead atoms. The number of hydrogen-bond acceptors (Lipinski definition) is 3. The quantitative estimate of drug-likeness (QED) is 0.747. The topological polar surface area (TPSA) is 57.7 Å². The third kappa shape index (κ3) is 4.31. The Morgan fingerprint density at radius 2 is 1.65 bits per heavy atom. The molecule has 0 heterocycles. The van der Waals surface area contributed by atoms with Crippen molar-refractivity contribution in [2.75, 3.05) is 20.1 Å². The zero-order valence-corrected chi connectivity index (χ0v) is 16.6. The van der Waals surface area contributed by atoms with E-state index in [1.807, 2.05) is 31.2 Å². The summed E-state index contributed by atoms with van der Waals surface area (Å²) < 4.78 is 26.7. The van der Waals surface area contributed by atoms with Gasteiger partial charge in [-0.2, -0.15) is 4.31 Å². The van der Waals surface area contributed by atoms with Crippen molar-refractivity contribution in [2.45, 2.75) is 32.2 Å². The van der Waals surface area contributed by atoms with Crippen LogP contribution in [0.2, 0.25) is 0 Å². The minimum atomic E-state index is -3.59. The van der Waals surface area contributed by atoms with E-state index in [1.165, 1.54) is 16.4 Å². The molecule has 140 valence electrons. The van der Waals surface area contributed by atoms with Crippen molar-refractivity contribution in [3.63, 3.8) is 0 Å². The molecule has 0 aliphatic rings. The summed E-state index contributed by atoms with van der Waals surface area (Å²) in [7, 11) is -1.86. The Morgan fingerprint density at radius 1 is 1.00 bits per heavy atom. The lowest BCUT2D eigenvalue weighted by molar-refractivity contribution is 0.0784. The Bertz CT molecular complexity index is 874. The van der Waals surface area contributed by atoms with Gasteiger partial charge in [-0.1, -0.05) is 44.2 Å². The average molecular weight is 375 g/mol. The first-order valence-corrected chi connectivity index (χ1v) is 10.2. The Hall–Kier alpha value is -2.18. The molecule has 0 N–H and O–H groups in total. The molecule has 2 aromatic carbocycles. The fourth-order valence-corrected chi connectivity index (χ4v) is 4.34. The Labute approximate surface area is 156 Å². The van der Waals surface area contributed by atoms with Crippen molar-refractivity contribution < 1.29 is 13.2 Å². The highest BCUT2D eigenvalue weighted by atomic mass is 32.2. The maximum absolute atomic E-state index is 12.8. The highest BCUT2D eigenvalue weighted by Gasteiger charge is 2.23. The van der Waals surface area contributed by atoms with Crippen LogP contribution in [-0.2, 0) is 16.6 Å². The number of sulfonamides is 1. The van der Waals surface area contributed by atoms with Gasteiger partial charge in [0.05, 0.1) is 4.90 Å². The molecule has 2 aromatic rings. The lowest BCUT2D eigenvalue weighted by atomic mass is 10.1. The van der Waals surface area contributed by atoms with E-state index in [-0.39, 0.29) is 10.8 Å². The summed E-state index contributed by atoms with van der Waals surface area (Å²) in [4.78, 5) is 14.5. The molecule has 0 saturated heterocycles. The first-order valence-electron chi connectivity index (χ1n) is 8.71. The number of carbonyl (C=O) groups excluding carboxylic acids is 1. The molecule has 0 radical (unpaired) electrons. The highest BCUT2D eigenvalue weighted by Crippen LogP contribution is 2.18. The van der Waals surface area contributed by atoms with Gasteiger partial charge in [0.25, 0.3) is 5.91 Å². The van der Waals surface area contributed by atoms with Crippen molar-refractivity contribution in [3.05, 3.63) is 65.2 Å². The zero-order valence-electron chi connectivity index (χ0n) is 15.8. The van der Waals surface area contributed by atoms with E-state index in [2.05, 4.69) is 0 Å². The van der Waals surface area contributed by atoms with Crippen LogP contribution >= 0.6 is 0 Å². The van der Waals surface area contributed by atoms with Crippen molar-refractivity contribution in [1.29, 1.82) is 0 Å². The molecule has 0 aliphatic carbocycles. The molecule has 6 heteroatoms. The highest BCUT2D eigenvalue weighted by molar-refractivity contribution is 7.89. The number of hydrogen-bond donors (Lipinski definition) is 0. The first-order chi connectivity index (χ1) is 12.3. The summed E-state index contributed by atoms with van der Waals surface area (Å²) in [5.41, 5.74) is 2.55. The van der Waals surface area contributed by atoms with Gasteiger partial charge in [0.2, 0.25) is 10.0 Å². The number of rotatable bonds is 7. The van der Waals surface area contributed by atoms with E-state index in [9.17, 15) is 13.2 Å². The molecule has 0 spiro atoms. The summed E-state index contributed by atoms with van der Waals surface area (Å²) in [5, 5.41) is 0. The summed E-state index contributed by atoms with van der Waals surface area (Å²) >= 11 is 0. The van der Waals surface area contributed by atoms with Crippen LogP contribution in [0.5, 0.6) is 0 Å². The predicted octanol–water partition coefficient (Wildman–Crippen LogP) is 3.30. The average Bonchev–Trinajstić information content (AvgIpc) is 2.64. The van der Waals surface area contributed by atoms with Crippen molar-refractivity contribution >= 4 is 15.9 Å². The van der Waals surface area contributed by atoms with Gasteiger partial charge in [0.1, 0.15) is 0 Å². The third-order valence-corrected chi connectivity index (χ3v) is 6.49. The van der Waals surface area contributed by atoms with Gasteiger partial charge in [0, 0.05) is 32.2 Å². The maximum atomic E-state index is 12.8. The van der Waals surface area contributed by atoms with Gasteiger partial charge in [-0.05, 0) is 36.2 Å². The minimum absolute atomic E-state index is 0.149. The van der Waals surface area contributed by atoms with E-state index < -0.39 is 10.0 Å². The van der Waals surface area contributed by atoms with Gasteiger partial charge in [0.15, 0.2) is 0 Å². The van der Waals surface area contributed by atoms with Crippen LogP contribution in [0.4, 0.5) is 0 Å². The SMILES string of the molecule is CCN(CC)S(=O)(=O)c1cccc(C(=O)N(C)Cc2ccccc2C)c1. The smallest absolute Gasteiger partial charge is 0.253 e. The standard InChI is InChI=1S/C20H26N2O3S/c1-5-22(6-2)26(24,25)19-13-9-12-17(14-19)20(23)21(4)15-18-11-8-7-10-16(18)3/h7-14H,5-6,15H2,1-4H3. The van der Waals surface area contributed by atoms with Gasteiger partial charge < -0.3 is 4.90 Å². The third-order valence-electron chi connectivity index (χ3n) is 4.44. The zero-order chi connectivity index (χ0) is 19.3. The lowest BCUT2D eigenvalue weighted by Gasteiger charge is -2.21. The van der Waals surface area contributed by atoms with Gasteiger partial charge in [-0.15, -0.1) is 0 Å². The molecule has 0 atom stereocenters. The van der Waals surface area contributed by atoms with Gasteiger partial charge >= 0.3 is 0 Å². The van der Waals surface area contributed by atoms with Crippen LogP contribution in [0.1, 0.15) is 35.3 Å². The minimum Gasteiger partial charge on any atom is -0.337 e. The van der Waals surface area contributed by atoms with Crippen LogP contribution in [0.3, 0.4) is 0 Å². The van der Waals surface area contributed by atoms with Crippen LogP contribution in [0.25, 0.3) is 0 Å². The Balaban J connectivity index is 2.26. The predicted molar refractivity (Wildman–Crippen MR) is 104 cm³/mol. The van der Waals surface area contributed by atoms with E-state index in [0.29, 0.717) is 25.2 Å². The number of carbonyl (C=O) groups is 1. The molecule has 1 amide bonds. The monoisotopic (exact) mass is 374 g/mol. The second-order valence-electron chi connectivity index (χ2n) is 6.20.